The summed E-state index contributed by atoms with van der Waals surface area (Å²) in [5.74, 6) is 8.59. The number of hydrazine groups is 1. The van der Waals surface area contributed by atoms with Crippen LogP contribution in [0.5, 0.6) is 5.75 Å². The topological polar surface area (TPSA) is 85.1 Å². The van der Waals surface area contributed by atoms with E-state index in [4.69, 9.17) is 10.6 Å². The van der Waals surface area contributed by atoms with Gasteiger partial charge in [-0.15, -0.1) is 0 Å². The molecule has 0 saturated carbocycles. The average molecular weight is 287 g/mol. The molecule has 0 amide bonds. The van der Waals surface area contributed by atoms with Crippen LogP contribution in [0.2, 0.25) is 0 Å². The van der Waals surface area contributed by atoms with Crippen LogP contribution >= 0.6 is 0 Å². The Balaban J connectivity index is 2.17. The summed E-state index contributed by atoms with van der Waals surface area (Å²) < 4.78 is 5.34. The van der Waals surface area contributed by atoms with Gasteiger partial charge in [-0.2, -0.15) is 0 Å². The first-order valence-corrected chi connectivity index (χ1v) is 6.85. The van der Waals surface area contributed by atoms with Crippen LogP contribution in [0.1, 0.15) is 31.2 Å². The van der Waals surface area contributed by atoms with Crippen molar-refractivity contribution in [2.24, 2.45) is 5.84 Å². The molecule has 0 saturated heterocycles. The fourth-order valence-corrected chi connectivity index (χ4v) is 1.92. The van der Waals surface area contributed by atoms with E-state index in [2.05, 4.69) is 20.7 Å². The molecule has 0 aliphatic carbocycles. The van der Waals surface area contributed by atoms with Gasteiger partial charge in [-0.25, -0.2) is 15.8 Å². The van der Waals surface area contributed by atoms with Crippen molar-refractivity contribution in [3.63, 3.8) is 0 Å². The van der Waals surface area contributed by atoms with Crippen LogP contribution in [0.3, 0.4) is 0 Å². The SMILES string of the molecule is COc1ccccc1CNc1cc(NN)nc(C(C)C)n1. The van der Waals surface area contributed by atoms with Crippen molar-refractivity contribution in [3.05, 3.63) is 41.7 Å². The fourth-order valence-electron chi connectivity index (χ4n) is 1.92. The van der Waals surface area contributed by atoms with Crippen molar-refractivity contribution in [3.8, 4) is 5.75 Å². The van der Waals surface area contributed by atoms with E-state index in [0.29, 0.717) is 12.4 Å². The predicted octanol–water partition coefficient (Wildman–Crippen LogP) is 2.51. The maximum Gasteiger partial charge on any atom is 0.145 e. The summed E-state index contributed by atoms with van der Waals surface area (Å²) in [6.45, 7) is 4.70. The number of nitrogens with two attached hydrogens (primary N) is 1. The monoisotopic (exact) mass is 287 g/mol. The lowest BCUT2D eigenvalue weighted by Crippen LogP contribution is -2.13. The number of rotatable bonds is 6. The predicted molar refractivity (Wildman–Crippen MR) is 84.3 cm³/mol. The second-order valence-electron chi connectivity index (χ2n) is 4.96. The van der Waals surface area contributed by atoms with Crippen LogP contribution in [0.15, 0.2) is 30.3 Å². The second-order valence-corrected chi connectivity index (χ2v) is 4.96. The zero-order chi connectivity index (χ0) is 15.2. The standard InChI is InChI=1S/C15H21N5O/c1-10(2)15-18-13(8-14(19-15)20-16)17-9-11-6-4-5-7-12(11)21-3/h4-8,10H,9,16H2,1-3H3,(H2,17,18,19,20). The molecule has 0 radical (unpaired) electrons. The van der Waals surface area contributed by atoms with Crippen molar-refractivity contribution >= 4 is 11.6 Å². The lowest BCUT2D eigenvalue weighted by molar-refractivity contribution is 0.410. The smallest absolute Gasteiger partial charge is 0.145 e. The van der Waals surface area contributed by atoms with Crippen LogP contribution in [-0.2, 0) is 6.54 Å². The maximum atomic E-state index is 5.45. The van der Waals surface area contributed by atoms with E-state index in [1.54, 1.807) is 13.2 Å². The molecule has 6 nitrogen and oxygen atoms in total. The summed E-state index contributed by atoms with van der Waals surface area (Å²) in [5, 5.41) is 3.28. The Morgan fingerprint density at radius 3 is 2.57 bits per heavy atom. The molecule has 0 fully saturated rings. The normalized spacial score (nSPS) is 10.5. The largest absolute Gasteiger partial charge is 0.496 e. The Morgan fingerprint density at radius 2 is 1.90 bits per heavy atom. The maximum absolute atomic E-state index is 5.45. The van der Waals surface area contributed by atoms with Crippen LogP contribution in [0.25, 0.3) is 0 Å². The molecule has 4 N–H and O–H groups in total. The number of hydrogen-bond acceptors (Lipinski definition) is 6. The number of nitrogens with zero attached hydrogens (tertiary/aromatic N) is 2. The molecule has 2 rings (SSSR count). The van der Waals surface area contributed by atoms with Crippen LogP contribution in [0, 0.1) is 0 Å². The number of ether oxygens (including phenoxy) is 1. The van der Waals surface area contributed by atoms with Gasteiger partial charge >= 0.3 is 0 Å². The molecule has 1 aromatic carbocycles. The van der Waals surface area contributed by atoms with Crippen molar-refractivity contribution in [2.45, 2.75) is 26.3 Å². The number of nitrogen functional groups attached to an aromatic ring is 1. The van der Waals surface area contributed by atoms with E-state index in [1.807, 2.05) is 38.1 Å². The van der Waals surface area contributed by atoms with Gasteiger partial charge < -0.3 is 15.5 Å². The van der Waals surface area contributed by atoms with Gasteiger partial charge in [0.25, 0.3) is 0 Å². The van der Waals surface area contributed by atoms with E-state index < -0.39 is 0 Å². The van der Waals surface area contributed by atoms with Gasteiger partial charge in [0.1, 0.15) is 23.2 Å². The summed E-state index contributed by atoms with van der Waals surface area (Å²) in [6.07, 6.45) is 0. The summed E-state index contributed by atoms with van der Waals surface area (Å²) in [6, 6.07) is 9.65. The Bertz CT molecular complexity index is 600. The molecule has 0 atom stereocenters. The van der Waals surface area contributed by atoms with Crippen molar-refractivity contribution in [1.29, 1.82) is 0 Å². The Morgan fingerprint density at radius 1 is 1.19 bits per heavy atom. The minimum Gasteiger partial charge on any atom is -0.496 e. The number of anilines is 2. The highest BCUT2D eigenvalue weighted by molar-refractivity contribution is 5.48. The number of benzene rings is 1. The quantitative estimate of drug-likeness (QED) is 0.559. The van der Waals surface area contributed by atoms with Crippen molar-refractivity contribution < 1.29 is 4.74 Å². The van der Waals surface area contributed by atoms with Crippen LogP contribution < -0.4 is 21.3 Å². The molecule has 0 spiro atoms. The summed E-state index contributed by atoms with van der Waals surface area (Å²) >= 11 is 0. The fraction of sp³-hybridized carbons (Fsp3) is 0.333. The van der Waals surface area contributed by atoms with Gasteiger partial charge in [0.05, 0.1) is 7.11 Å². The molecule has 2 aromatic rings. The molecule has 0 unspecified atom stereocenters. The minimum absolute atomic E-state index is 0.227. The number of para-hydroxylation sites is 1. The van der Waals surface area contributed by atoms with Gasteiger partial charge in [-0.1, -0.05) is 32.0 Å². The van der Waals surface area contributed by atoms with Gasteiger partial charge in [-0.05, 0) is 6.07 Å². The Hall–Kier alpha value is -2.34. The lowest BCUT2D eigenvalue weighted by atomic mass is 10.2. The molecular weight excluding hydrogens is 266 g/mol. The molecular formula is C15H21N5O. The van der Waals surface area contributed by atoms with E-state index in [1.165, 1.54) is 0 Å². The van der Waals surface area contributed by atoms with Gasteiger partial charge in [0.15, 0.2) is 0 Å². The first-order chi connectivity index (χ1) is 10.1. The number of hydrogen-bond donors (Lipinski definition) is 3. The second kappa shape index (κ2) is 6.90. The molecule has 0 aliphatic rings. The molecule has 1 heterocycles. The Labute approximate surface area is 124 Å². The molecule has 0 aliphatic heterocycles. The zero-order valence-electron chi connectivity index (χ0n) is 12.6. The molecule has 21 heavy (non-hydrogen) atoms. The number of methoxy groups -OCH3 is 1. The van der Waals surface area contributed by atoms with E-state index in [-0.39, 0.29) is 5.92 Å². The third-order valence-electron chi connectivity index (χ3n) is 3.06. The van der Waals surface area contributed by atoms with E-state index in [0.717, 1.165) is 23.0 Å². The molecule has 6 heteroatoms. The van der Waals surface area contributed by atoms with E-state index >= 15 is 0 Å². The first kappa shape index (κ1) is 15.1. The third kappa shape index (κ3) is 3.82. The number of aromatic nitrogens is 2. The summed E-state index contributed by atoms with van der Waals surface area (Å²) in [4.78, 5) is 8.82. The Kier molecular flexibility index (Phi) is 4.94. The lowest BCUT2D eigenvalue weighted by Gasteiger charge is -2.13. The highest BCUT2D eigenvalue weighted by atomic mass is 16.5. The highest BCUT2D eigenvalue weighted by Crippen LogP contribution is 2.20. The van der Waals surface area contributed by atoms with Crippen molar-refractivity contribution in [1.82, 2.24) is 9.97 Å². The van der Waals surface area contributed by atoms with Gasteiger partial charge in [0, 0.05) is 24.1 Å². The van der Waals surface area contributed by atoms with E-state index in [9.17, 15) is 0 Å². The molecule has 0 bridgehead atoms. The average Bonchev–Trinajstić information content (AvgIpc) is 2.52. The summed E-state index contributed by atoms with van der Waals surface area (Å²) in [7, 11) is 1.66. The van der Waals surface area contributed by atoms with Crippen LogP contribution in [0.4, 0.5) is 11.6 Å². The zero-order valence-corrected chi connectivity index (χ0v) is 12.6. The first-order valence-electron chi connectivity index (χ1n) is 6.85. The third-order valence-corrected chi connectivity index (χ3v) is 3.06. The van der Waals surface area contributed by atoms with Crippen molar-refractivity contribution in [2.75, 3.05) is 17.9 Å². The van der Waals surface area contributed by atoms with Gasteiger partial charge in [0.2, 0.25) is 0 Å². The molecule has 112 valence electrons. The highest BCUT2D eigenvalue weighted by Gasteiger charge is 2.08. The van der Waals surface area contributed by atoms with Crippen LogP contribution in [-0.4, -0.2) is 17.1 Å². The van der Waals surface area contributed by atoms with Gasteiger partial charge in [-0.3, -0.25) is 0 Å². The molecule has 1 aromatic heterocycles. The number of nitrogens with one attached hydrogen (secondary N) is 2. The minimum atomic E-state index is 0.227. The summed E-state index contributed by atoms with van der Waals surface area (Å²) in [5.41, 5.74) is 3.63.